The van der Waals surface area contributed by atoms with Crippen molar-refractivity contribution in [1.29, 1.82) is 0 Å². The van der Waals surface area contributed by atoms with Crippen LogP contribution in [0.5, 0.6) is 0 Å². The molecule has 1 aromatic heterocycles. The first-order valence-electron chi connectivity index (χ1n) is 15.7. The number of hydrogen-bond acceptors (Lipinski definition) is 4. The van der Waals surface area contributed by atoms with E-state index in [-0.39, 0.29) is 17.7 Å². The number of para-hydroxylation sites is 1. The molecule has 5 heteroatoms. The number of imide groups is 1. The lowest BCUT2D eigenvalue weighted by atomic mass is 9.47. The van der Waals surface area contributed by atoms with Gasteiger partial charge in [-0.2, -0.15) is 0 Å². The maximum absolute atomic E-state index is 14.9. The number of furan rings is 1. The van der Waals surface area contributed by atoms with Crippen molar-refractivity contribution < 1.29 is 14.0 Å². The quantitative estimate of drug-likeness (QED) is 0.152. The van der Waals surface area contributed by atoms with Crippen molar-refractivity contribution in [3.63, 3.8) is 0 Å². The summed E-state index contributed by atoms with van der Waals surface area (Å²) < 4.78 is 6.18. The fourth-order valence-electron chi connectivity index (χ4n) is 8.66. The number of benzene rings is 6. The fraction of sp³-hybridized carbons (Fsp3) is 0.0976. The molecule has 1 aliphatic heterocycles. The largest absolute Gasteiger partial charge is 0.456 e. The van der Waals surface area contributed by atoms with Crippen LogP contribution in [0.15, 0.2) is 143 Å². The van der Waals surface area contributed by atoms with Gasteiger partial charge in [0.05, 0.1) is 28.6 Å². The molecule has 2 amide bonds. The lowest BCUT2D eigenvalue weighted by Gasteiger charge is -2.52. The predicted octanol–water partition coefficient (Wildman–Crippen LogP) is 8.69. The number of rotatable bonds is 3. The summed E-state index contributed by atoms with van der Waals surface area (Å²) in [6.45, 7) is 0. The molecule has 4 aliphatic rings. The minimum atomic E-state index is -0.943. The minimum absolute atomic E-state index is 0.151. The maximum atomic E-state index is 14.9. The first kappa shape index (κ1) is 25.5. The SMILES string of the molecule is O=C1[C@@H]2C3c4ccccc4C(C=Nc4ccc5c(c4)oc4ccccc45)(c4ccccc43)[C@@H]2C(=O)N1c1cccc2ccccc12. The second kappa shape index (κ2) is 9.11. The average Bonchev–Trinajstić information content (AvgIpc) is 3.61. The number of hydrogen-bond donors (Lipinski definition) is 0. The normalized spacial score (nSPS) is 23.0. The van der Waals surface area contributed by atoms with Gasteiger partial charge >= 0.3 is 0 Å². The number of aliphatic imine (C=N–C) groups is 1. The van der Waals surface area contributed by atoms with E-state index in [0.29, 0.717) is 5.69 Å². The highest BCUT2D eigenvalue weighted by Gasteiger charge is 2.68. The molecule has 7 aromatic rings. The van der Waals surface area contributed by atoms with E-state index < -0.39 is 17.3 Å². The van der Waals surface area contributed by atoms with Crippen LogP contribution in [-0.4, -0.2) is 18.0 Å². The van der Waals surface area contributed by atoms with Crippen molar-refractivity contribution in [2.75, 3.05) is 4.90 Å². The zero-order valence-corrected chi connectivity index (χ0v) is 24.6. The average molecular weight is 595 g/mol. The van der Waals surface area contributed by atoms with E-state index in [4.69, 9.17) is 9.41 Å². The van der Waals surface area contributed by atoms with Crippen molar-refractivity contribution in [3.05, 3.63) is 156 Å². The first-order chi connectivity index (χ1) is 22.6. The summed E-state index contributed by atoms with van der Waals surface area (Å²) in [5.41, 5.74) is 6.25. The van der Waals surface area contributed by atoms with E-state index in [1.807, 2.05) is 109 Å². The van der Waals surface area contributed by atoms with E-state index in [0.717, 1.165) is 60.7 Å². The molecule has 0 radical (unpaired) electrons. The van der Waals surface area contributed by atoms with Crippen LogP contribution in [0, 0.1) is 11.8 Å². The van der Waals surface area contributed by atoms with E-state index in [1.54, 1.807) is 0 Å². The van der Waals surface area contributed by atoms with Crippen molar-refractivity contribution in [2.45, 2.75) is 11.3 Å². The second-order valence-corrected chi connectivity index (χ2v) is 12.6. The zero-order chi connectivity index (χ0) is 30.6. The van der Waals surface area contributed by atoms with Gasteiger partial charge in [-0.1, -0.05) is 103 Å². The van der Waals surface area contributed by atoms with Crippen LogP contribution in [0.1, 0.15) is 28.2 Å². The van der Waals surface area contributed by atoms with Crippen molar-refractivity contribution in [3.8, 4) is 0 Å². The summed E-state index contributed by atoms with van der Waals surface area (Å²) in [5.74, 6) is -1.76. The highest BCUT2D eigenvalue weighted by Crippen LogP contribution is 2.64. The topological polar surface area (TPSA) is 62.9 Å². The molecule has 2 atom stereocenters. The Morgan fingerprint density at radius 2 is 1.28 bits per heavy atom. The Morgan fingerprint density at radius 3 is 2.09 bits per heavy atom. The molecule has 0 saturated carbocycles. The first-order valence-corrected chi connectivity index (χ1v) is 15.7. The number of anilines is 1. The molecular weight excluding hydrogens is 568 g/mol. The molecule has 5 nitrogen and oxygen atoms in total. The number of nitrogens with zero attached hydrogens (tertiary/aromatic N) is 2. The smallest absolute Gasteiger partial charge is 0.239 e. The number of carbonyl (C=O) groups is 2. The number of fused-ring (bicyclic) bond motifs is 4. The van der Waals surface area contributed by atoms with Gasteiger partial charge in [-0.05, 0) is 51.9 Å². The van der Waals surface area contributed by atoms with Gasteiger partial charge in [-0.3, -0.25) is 14.6 Å². The van der Waals surface area contributed by atoms with Crippen LogP contribution in [0.25, 0.3) is 32.7 Å². The molecule has 6 aromatic carbocycles. The highest BCUT2D eigenvalue weighted by molar-refractivity contribution is 6.27. The summed E-state index contributed by atoms with van der Waals surface area (Å²) in [5, 5.41) is 3.97. The minimum Gasteiger partial charge on any atom is -0.456 e. The number of carbonyl (C=O) groups excluding carboxylic acids is 2. The van der Waals surface area contributed by atoms with Crippen molar-refractivity contribution in [1.82, 2.24) is 0 Å². The molecule has 218 valence electrons. The summed E-state index contributed by atoms with van der Waals surface area (Å²) in [4.78, 5) is 36.2. The Bertz CT molecular complexity index is 2420. The second-order valence-electron chi connectivity index (χ2n) is 12.6. The third-order valence-electron chi connectivity index (χ3n) is 10.5. The molecule has 11 rings (SSSR count). The summed E-state index contributed by atoms with van der Waals surface area (Å²) in [7, 11) is 0. The third kappa shape index (κ3) is 3.16. The van der Waals surface area contributed by atoms with Gasteiger partial charge in [-0.15, -0.1) is 0 Å². The van der Waals surface area contributed by atoms with E-state index in [9.17, 15) is 9.59 Å². The van der Waals surface area contributed by atoms with Crippen LogP contribution < -0.4 is 4.90 Å². The maximum Gasteiger partial charge on any atom is 0.239 e. The van der Waals surface area contributed by atoms with Crippen LogP contribution in [0.2, 0.25) is 0 Å². The molecule has 1 fully saturated rings. The monoisotopic (exact) mass is 594 g/mol. The van der Waals surface area contributed by atoms with Gasteiger partial charge in [0, 0.05) is 34.4 Å². The standard InChI is InChI=1S/C41H26N2O3/c44-39-37-36-29-14-3-6-16-31(29)41(32-17-7-4-15-30(32)36,23-42-25-20-21-28-27-13-5-8-19-34(27)46-35(28)22-25)38(37)40(45)43(39)33-18-9-11-24-10-1-2-12-26(24)33/h1-23,36-38H/t36?,37-,38+,41?/m1/s1. The lowest BCUT2D eigenvalue weighted by molar-refractivity contribution is -0.122. The predicted molar refractivity (Wildman–Crippen MR) is 181 cm³/mol. The van der Waals surface area contributed by atoms with Crippen molar-refractivity contribution >= 4 is 62.1 Å². The van der Waals surface area contributed by atoms with Crippen LogP contribution in [0.3, 0.4) is 0 Å². The molecule has 0 N–H and O–H groups in total. The molecule has 2 bridgehead atoms. The molecule has 3 aliphatic carbocycles. The van der Waals surface area contributed by atoms with Crippen LogP contribution in [-0.2, 0) is 15.0 Å². The summed E-state index contributed by atoms with van der Waals surface area (Å²) in [6.07, 6.45) is 1.94. The number of amides is 2. The Kier molecular flexibility index (Phi) is 5.05. The summed E-state index contributed by atoms with van der Waals surface area (Å²) in [6, 6.07) is 44.3. The van der Waals surface area contributed by atoms with Gasteiger partial charge in [0.15, 0.2) is 0 Å². The Hall–Kier alpha value is -5.81. The fourth-order valence-corrected chi connectivity index (χ4v) is 8.66. The molecule has 46 heavy (non-hydrogen) atoms. The highest BCUT2D eigenvalue weighted by atomic mass is 16.3. The summed E-state index contributed by atoms with van der Waals surface area (Å²) >= 11 is 0. The van der Waals surface area contributed by atoms with Crippen LogP contribution in [0.4, 0.5) is 11.4 Å². The van der Waals surface area contributed by atoms with E-state index in [2.05, 4.69) is 30.3 Å². The van der Waals surface area contributed by atoms with Crippen molar-refractivity contribution in [2.24, 2.45) is 16.8 Å². The van der Waals surface area contributed by atoms with E-state index in [1.165, 1.54) is 4.90 Å². The zero-order valence-electron chi connectivity index (χ0n) is 24.6. The molecule has 2 heterocycles. The van der Waals surface area contributed by atoms with Crippen LogP contribution >= 0.6 is 0 Å². The third-order valence-corrected chi connectivity index (χ3v) is 10.5. The lowest BCUT2D eigenvalue weighted by Crippen LogP contribution is -2.54. The van der Waals surface area contributed by atoms with Gasteiger partial charge in [-0.25, -0.2) is 4.90 Å². The molecular formula is C41H26N2O3. The van der Waals surface area contributed by atoms with Gasteiger partial charge in [0.25, 0.3) is 0 Å². The Morgan fingerprint density at radius 1 is 0.630 bits per heavy atom. The van der Waals surface area contributed by atoms with Gasteiger partial charge in [0.2, 0.25) is 11.8 Å². The molecule has 1 saturated heterocycles. The van der Waals surface area contributed by atoms with E-state index >= 15 is 0 Å². The Balaban J connectivity index is 1.20. The Labute approximate surface area is 264 Å². The molecule has 0 unspecified atom stereocenters. The van der Waals surface area contributed by atoms with Gasteiger partial charge in [0.1, 0.15) is 11.2 Å². The molecule has 0 spiro atoms. The van der Waals surface area contributed by atoms with Gasteiger partial charge < -0.3 is 4.42 Å².